The lowest BCUT2D eigenvalue weighted by molar-refractivity contribution is 0.708. The largest absolute Gasteiger partial charge is 0.332 e. The average Bonchev–Trinajstić information content (AvgIpc) is 3.02. The van der Waals surface area contributed by atoms with Crippen LogP contribution < -0.4 is 11.2 Å². The minimum Gasteiger partial charge on any atom is -0.327 e. The van der Waals surface area contributed by atoms with Crippen LogP contribution in [-0.2, 0) is 14.1 Å². The highest BCUT2D eigenvalue weighted by atomic mass is 32.2. The lowest BCUT2D eigenvalue weighted by Gasteiger charge is -2.02. The van der Waals surface area contributed by atoms with Crippen LogP contribution >= 0.6 is 11.8 Å². The highest BCUT2D eigenvalue weighted by molar-refractivity contribution is 7.99. The summed E-state index contributed by atoms with van der Waals surface area (Å²) in [5, 5.41) is 1.57. The first-order chi connectivity index (χ1) is 11.6. The number of aromatic amines is 1. The maximum atomic E-state index is 12.2. The molecule has 3 heterocycles. The summed E-state index contributed by atoms with van der Waals surface area (Å²) in [5.41, 5.74) is 0.743. The average molecular weight is 339 g/mol. The highest BCUT2D eigenvalue weighted by Crippen LogP contribution is 2.31. The van der Waals surface area contributed by atoms with E-state index in [1.165, 1.54) is 23.4 Å². The topological polar surface area (TPSA) is 85.6 Å². The highest BCUT2D eigenvalue weighted by Gasteiger charge is 2.14. The van der Waals surface area contributed by atoms with Crippen LogP contribution in [0.3, 0.4) is 0 Å². The van der Waals surface area contributed by atoms with Gasteiger partial charge in [-0.25, -0.2) is 9.78 Å². The third kappa shape index (κ3) is 2.15. The minimum absolute atomic E-state index is 0.315. The molecule has 7 nitrogen and oxygen atoms in total. The zero-order valence-electron chi connectivity index (χ0n) is 13.0. The normalized spacial score (nSPS) is 11.4. The van der Waals surface area contributed by atoms with Crippen LogP contribution in [0.4, 0.5) is 0 Å². The SMILES string of the molecule is Cn1c(=O)c2[nH]c(Sc3cccc4cccnc34)nc2n(C)c1=O. The number of fused-ring (bicyclic) bond motifs is 2. The Hall–Kier alpha value is -2.87. The fourth-order valence-corrected chi connectivity index (χ4v) is 3.52. The van der Waals surface area contributed by atoms with Crippen molar-refractivity contribution in [2.45, 2.75) is 10.1 Å². The molecule has 0 spiro atoms. The van der Waals surface area contributed by atoms with E-state index in [4.69, 9.17) is 0 Å². The molecule has 0 saturated carbocycles. The van der Waals surface area contributed by atoms with E-state index in [1.54, 1.807) is 13.2 Å². The van der Waals surface area contributed by atoms with Crippen molar-refractivity contribution in [1.29, 1.82) is 0 Å². The molecule has 0 aliphatic rings. The lowest BCUT2D eigenvalue weighted by Crippen LogP contribution is -2.36. The predicted octanol–water partition coefficient (Wildman–Crippen LogP) is 1.66. The van der Waals surface area contributed by atoms with Gasteiger partial charge in [-0.05, 0) is 23.9 Å². The fourth-order valence-electron chi connectivity index (χ4n) is 2.62. The number of aryl methyl sites for hydroxylation is 1. The van der Waals surface area contributed by atoms with Gasteiger partial charge in [0.15, 0.2) is 16.3 Å². The summed E-state index contributed by atoms with van der Waals surface area (Å²) in [5.74, 6) is 0. The van der Waals surface area contributed by atoms with Crippen LogP contribution in [0.1, 0.15) is 0 Å². The second kappa shape index (κ2) is 5.34. The van der Waals surface area contributed by atoms with Gasteiger partial charge in [0.2, 0.25) is 0 Å². The molecule has 0 atom stereocenters. The van der Waals surface area contributed by atoms with Crippen molar-refractivity contribution in [1.82, 2.24) is 24.1 Å². The van der Waals surface area contributed by atoms with Gasteiger partial charge in [-0.1, -0.05) is 18.2 Å². The zero-order chi connectivity index (χ0) is 16.8. The van der Waals surface area contributed by atoms with E-state index in [2.05, 4.69) is 15.0 Å². The first-order valence-electron chi connectivity index (χ1n) is 7.23. The number of H-pyrrole nitrogens is 1. The van der Waals surface area contributed by atoms with Gasteiger partial charge in [0.25, 0.3) is 5.56 Å². The Morgan fingerprint density at radius 1 is 1.08 bits per heavy atom. The van der Waals surface area contributed by atoms with E-state index >= 15 is 0 Å². The molecule has 24 heavy (non-hydrogen) atoms. The van der Waals surface area contributed by atoms with E-state index in [1.807, 2.05) is 30.3 Å². The Morgan fingerprint density at radius 3 is 2.71 bits per heavy atom. The van der Waals surface area contributed by atoms with Gasteiger partial charge in [-0.15, -0.1) is 0 Å². The maximum absolute atomic E-state index is 12.2. The van der Waals surface area contributed by atoms with Gasteiger partial charge >= 0.3 is 5.69 Å². The third-order valence-corrected chi connectivity index (χ3v) is 4.81. The van der Waals surface area contributed by atoms with E-state index in [0.717, 1.165) is 20.4 Å². The molecule has 120 valence electrons. The molecule has 0 aliphatic heterocycles. The van der Waals surface area contributed by atoms with Crippen molar-refractivity contribution in [2.75, 3.05) is 0 Å². The Bertz CT molecular complexity index is 1200. The van der Waals surface area contributed by atoms with Gasteiger partial charge in [0.1, 0.15) is 0 Å². The summed E-state index contributed by atoms with van der Waals surface area (Å²) in [7, 11) is 3.05. The van der Waals surface area contributed by atoms with Crippen LogP contribution in [0, 0.1) is 0 Å². The molecule has 3 aromatic heterocycles. The van der Waals surface area contributed by atoms with Crippen LogP contribution in [0.25, 0.3) is 22.1 Å². The number of para-hydroxylation sites is 1. The van der Waals surface area contributed by atoms with Crippen molar-refractivity contribution < 1.29 is 0 Å². The van der Waals surface area contributed by atoms with Crippen LogP contribution in [0.15, 0.2) is 56.2 Å². The minimum atomic E-state index is -0.401. The smallest absolute Gasteiger partial charge is 0.327 e. The van der Waals surface area contributed by atoms with E-state index in [-0.39, 0.29) is 5.56 Å². The number of imidazole rings is 1. The molecule has 1 aromatic carbocycles. The van der Waals surface area contributed by atoms with Gasteiger partial charge in [-0.2, -0.15) is 0 Å². The van der Waals surface area contributed by atoms with E-state index in [0.29, 0.717) is 16.3 Å². The molecule has 0 amide bonds. The number of rotatable bonds is 2. The molecule has 0 unspecified atom stereocenters. The van der Waals surface area contributed by atoms with Gasteiger partial charge < -0.3 is 4.98 Å². The summed E-state index contributed by atoms with van der Waals surface area (Å²) < 4.78 is 2.42. The van der Waals surface area contributed by atoms with Crippen LogP contribution in [0.5, 0.6) is 0 Å². The van der Waals surface area contributed by atoms with Gasteiger partial charge in [-0.3, -0.25) is 18.9 Å². The van der Waals surface area contributed by atoms with Crippen LogP contribution in [0.2, 0.25) is 0 Å². The first kappa shape index (κ1) is 14.7. The van der Waals surface area contributed by atoms with Gasteiger partial charge in [0, 0.05) is 30.6 Å². The monoisotopic (exact) mass is 339 g/mol. The molecule has 8 heteroatoms. The predicted molar refractivity (Wildman–Crippen MR) is 92.4 cm³/mol. The van der Waals surface area contributed by atoms with E-state index < -0.39 is 5.69 Å². The number of aromatic nitrogens is 5. The molecule has 0 fully saturated rings. The summed E-state index contributed by atoms with van der Waals surface area (Å²) in [6, 6.07) is 9.76. The molecule has 0 aliphatic carbocycles. The quantitative estimate of drug-likeness (QED) is 0.600. The molecule has 0 saturated heterocycles. The summed E-state index contributed by atoms with van der Waals surface area (Å²) >= 11 is 1.38. The number of nitrogens with one attached hydrogen (secondary N) is 1. The number of nitrogens with zero attached hydrogens (tertiary/aromatic N) is 4. The van der Waals surface area contributed by atoms with E-state index in [9.17, 15) is 9.59 Å². The summed E-state index contributed by atoms with van der Waals surface area (Å²) in [4.78, 5) is 37.0. The zero-order valence-corrected chi connectivity index (χ0v) is 13.8. The number of hydrogen-bond acceptors (Lipinski definition) is 5. The molecular weight excluding hydrogens is 326 g/mol. The number of benzene rings is 1. The fraction of sp³-hybridized carbons (Fsp3) is 0.125. The Labute approximate surface area is 140 Å². The first-order valence-corrected chi connectivity index (χ1v) is 8.05. The second-order valence-corrected chi connectivity index (χ2v) is 6.41. The lowest BCUT2D eigenvalue weighted by atomic mass is 10.2. The molecule has 0 radical (unpaired) electrons. The molecule has 1 N–H and O–H groups in total. The van der Waals surface area contributed by atoms with Gasteiger partial charge in [0.05, 0.1) is 5.52 Å². The maximum Gasteiger partial charge on any atom is 0.332 e. The molecule has 4 aromatic rings. The number of pyridine rings is 1. The molecular formula is C16H13N5O2S. The number of hydrogen-bond donors (Lipinski definition) is 1. The standard InChI is InChI=1S/C16H13N5O2S/c1-20-13-12(14(22)21(2)16(20)23)18-15(19-13)24-10-7-3-5-9-6-4-8-17-11(9)10/h3-8H,1-2H3,(H,18,19). The van der Waals surface area contributed by atoms with Crippen molar-refractivity contribution in [3.8, 4) is 0 Å². The molecule has 0 bridgehead atoms. The Balaban J connectivity index is 1.89. The van der Waals surface area contributed by atoms with Crippen molar-refractivity contribution in [3.63, 3.8) is 0 Å². The molecule has 4 rings (SSSR count). The summed E-state index contributed by atoms with van der Waals surface area (Å²) in [6.45, 7) is 0. The van der Waals surface area contributed by atoms with Crippen molar-refractivity contribution in [2.24, 2.45) is 14.1 Å². The Morgan fingerprint density at radius 2 is 1.88 bits per heavy atom. The van der Waals surface area contributed by atoms with Crippen molar-refractivity contribution >= 4 is 33.8 Å². The second-order valence-electron chi connectivity index (χ2n) is 5.38. The summed E-state index contributed by atoms with van der Waals surface area (Å²) in [6.07, 6.45) is 1.74. The Kier molecular flexibility index (Phi) is 3.27. The van der Waals surface area contributed by atoms with Crippen molar-refractivity contribution in [3.05, 3.63) is 57.4 Å². The van der Waals surface area contributed by atoms with Crippen LogP contribution in [-0.4, -0.2) is 24.1 Å². The third-order valence-electron chi connectivity index (χ3n) is 3.88.